The average Bonchev–Trinajstić information content (AvgIpc) is 3.65. The fourth-order valence-corrected chi connectivity index (χ4v) is 12.3. The number of benzene rings is 8. The number of rotatable bonds is 8. The van der Waals surface area contributed by atoms with Crippen LogP contribution in [0.1, 0.15) is 54.4 Å². The quantitative estimate of drug-likeness (QED) is 0.146. The minimum absolute atomic E-state index is 0.0183. The summed E-state index contributed by atoms with van der Waals surface area (Å²) in [5.41, 5.74) is 16.1. The van der Waals surface area contributed by atoms with Gasteiger partial charge in [-0.2, -0.15) is 0 Å². The maximum Gasteiger partial charge on any atom is 0.00676 e. The van der Waals surface area contributed by atoms with Crippen molar-refractivity contribution in [1.82, 2.24) is 0 Å². The van der Waals surface area contributed by atoms with Crippen molar-refractivity contribution in [2.75, 3.05) is 0 Å². The van der Waals surface area contributed by atoms with Gasteiger partial charge in [-0.15, -0.1) is 0 Å². The van der Waals surface area contributed by atoms with Crippen molar-refractivity contribution < 1.29 is 0 Å². The minimum atomic E-state index is -0.0865. The van der Waals surface area contributed by atoms with Crippen LogP contribution in [0, 0.1) is 0 Å². The third-order valence-corrected chi connectivity index (χ3v) is 14.4. The van der Waals surface area contributed by atoms with E-state index in [1.807, 2.05) is 0 Å². The van der Waals surface area contributed by atoms with Crippen LogP contribution in [-0.2, 0) is 21.7 Å². The zero-order valence-corrected chi connectivity index (χ0v) is 32.3. The highest BCUT2D eigenvalue weighted by Gasteiger charge is 2.77. The number of hydrogen-bond donors (Lipinski definition) is 0. The summed E-state index contributed by atoms with van der Waals surface area (Å²) in [6.07, 6.45) is 5.67. The summed E-state index contributed by atoms with van der Waals surface area (Å²) in [6, 6.07) is 82.7. The first-order valence-corrected chi connectivity index (χ1v) is 20.7. The van der Waals surface area contributed by atoms with Gasteiger partial charge in [0.2, 0.25) is 0 Å². The third kappa shape index (κ3) is 5.42. The Labute approximate surface area is 337 Å². The van der Waals surface area contributed by atoms with Gasteiger partial charge in [0.15, 0.2) is 0 Å². The maximum absolute atomic E-state index is 2.57. The van der Waals surface area contributed by atoms with E-state index in [2.05, 4.69) is 218 Å². The molecule has 4 saturated carbocycles. The first-order valence-electron chi connectivity index (χ1n) is 20.7. The highest BCUT2D eigenvalue weighted by atomic mass is 14.8. The summed E-state index contributed by atoms with van der Waals surface area (Å²) in [5.74, 6) is 0. The van der Waals surface area contributed by atoms with E-state index >= 15 is 0 Å². The van der Waals surface area contributed by atoms with Gasteiger partial charge in [-0.25, -0.2) is 0 Å². The fraction of sp³-hybridized carbons (Fsp3) is 0.158. The Hall–Kier alpha value is -6.24. The van der Waals surface area contributed by atoms with Gasteiger partial charge in [0.1, 0.15) is 0 Å². The summed E-state index contributed by atoms with van der Waals surface area (Å²) < 4.78 is 0. The second-order valence-corrected chi connectivity index (χ2v) is 17.4. The molecule has 4 aliphatic rings. The largest absolute Gasteiger partial charge is 0.0622 e. The predicted molar refractivity (Wildman–Crippen MR) is 237 cm³/mol. The van der Waals surface area contributed by atoms with Crippen molar-refractivity contribution in [1.29, 1.82) is 0 Å². The van der Waals surface area contributed by atoms with E-state index in [1.165, 1.54) is 66.8 Å². The smallest absolute Gasteiger partial charge is 0.00676 e. The SMILES string of the molecule is c1ccc(-c2cccc(C34CC5(c6cccc(-c7ccccc7)c6)CC(c6cccc(-c7ccccc7)c6)(C3)C(c3cccc(-c6ccccc6)c3)(C4)C5)c2)cc1. The zero-order valence-electron chi connectivity index (χ0n) is 32.3. The van der Waals surface area contributed by atoms with Crippen LogP contribution in [0.3, 0.4) is 0 Å². The van der Waals surface area contributed by atoms with Gasteiger partial charge >= 0.3 is 0 Å². The Kier molecular flexibility index (Phi) is 7.87. The zero-order chi connectivity index (χ0) is 37.9. The molecule has 0 radical (unpaired) electrons. The summed E-state index contributed by atoms with van der Waals surface area (Å²) in [7, 11) is 0. The molecule has 0 spiro atoms. The van der Waals surface area contributed by atoms with E-state index < -0.39 is 0 Å². The molecule has 0 nitrogen and oxygen atoms in total. The van der Waals surface area contributed by atoms with Crippen molar-refractivity contribution in [3.05, 3.63) is 241 Å². The molecule has 0 heterocycles. The molecule has 274 valence electrons. The van der Waals surface area contributed by atoms with Crippen molar-refractivity contribution >= 4 is 0 Å². The summed E-state index contributed by atoms with van der Waals surface area (Å²) in [4.78, 5) is 0. The maximum atomic E-state index is 2.57. The highest BCUT2D eigenvalue weighted by molar-refractivity contribution is 5.71. The van der Waals surface area contributed by atoms with Gasteiger partial charge in [0.05, 0.1) is 0 Å². The van der Waals surface area contributed by atoms with Gasteiger partial charge in [-0.05, 0) is 110 Å². The Bertz CT molecular complexity index is 2510. The van der Waals surface area contributed by atoms with E-state index in [-0.39, 0.29) is 21.7 Å². The third-order valence-electron chi connectivity index (χ3n) is 14.4. The van der Waals surface area contributed by atoms with E-state index in [4.69, 9.17) is 0 Å². The number of hydrogen-bond acceptors (Lipinski definition) is 0. The van der Waals surface area contributed by atoms with Crippen LogP contribution in [0.2, 0.25) is 0 Å². The highest BCUT2D eigenvalue weighted by Crippen LogP contribution is 2.80. The Balaban J connectivity index is 1.17. The first-order chi connectivity index (χ1) is 28.1. The lowest BCUT2D eigenvalue weighted by Crippen LogP contribution is -2.44. The molecule has 4 fully saturated rings. The second kappa shape index (κ2) is 13.2. The molecule has 4 bridgehead atoms. The molecule has 12 rings (SSSR count). The molecule has 0 amide bonds. The normalized spacial score (nSPS) is 24.4. The standard InChI is InChI=1S/C57H46/c1-5-17-42(18-6-1)46-25-13-29-50(33-46)54-37-55(51-30-14-26-47(34-51)43-19-7-2-8-20-43)40-56(38-54,52-31-15-27-48(35-52)44-21-9-3-10-22-44)57(39-54,41-55)53-32-16-28-49(36-53)45-23-11-4-12-24-45/h1-36H,37-41H2. The monoisotopic (exact) mass is 730 g/mol. The summed E-state index contributed by atoms with van der Waals surface area (Å²) in [6.45, 7) is 0. The van der Waals surface area contributed by atoms with Crippen molar-refractivity contribution in [2.45, 2.75) is 53.8 Å². The van der Waals surface area contributed by atoms with Crippen LogP contribution in [-0.4, -0.2) is 0 Å². The van der Waals surface area contributed by atoms with Gasteiger partial charge in [0.25, 0.3) is 0 Å². The molecule has 0 saturated heterocycles. The van der Waals surface area contributed by atoms with Crippen LogP contribution in [0.15, 0.2) is 218 Å². The van der Waals surface area contributed by atoms with Gasteiger partial charge in [-0.1, -0.05) is 218 Å². The first kappa shape index (κ1) is 34.0. The van der Waals surface area contributed by atoms with Crippen LogP contribution >= 0.6 is 0 Å². The van der Waals surface area contributed by atoms with Gasteiger partial charge < -0.3 is 0 Å². The molecule has 0 N–H and O–H groups in total. The van der Waals surface area contributed by atoms with Crippen molar-refractivity contribution in [2.24, 2.45) is 0 Å². The topological polar surface area (TPSA) is 0 Å². The molecule has 8 aromatic rings. The summed E-state index contributed by atoms with van der Waals surface area (Å²) in [5, 5.41) is 0. The molecule has 0 atom stereocenters. The van der Waals surface area contributed by atoms with Crippen molar-refractivity contribution in [3.8, 4) is 44.5 Å². The minimum Gasteiger partial charge on any atom is -0.0622 e. The fourth-order valence-electron chi connectivity index (χ4n) is 12.3. The van der Waals surface area contributed by atoms with E-state index in [1.54, 1.807) is 0 Å². The Morgan fingerprint density at radius 3 is 0.754 bits per heavy atom. The molecule has 4 aliphatic carbocycles. The molecular weight excluding hydrogens is 685 g/mol. The Morgan fingerprint density at radius 1 is 0.211 bits per heavy atom. The van der Waals surface area contributed by atoms with Crippen LogP contribution < -0.4 is 0 Å². The molecular formula is C57H46. The van der Waals surface area contributed by atoms with Gasteiger partial charge in [-0.3, -0.25) is 0 Å². The van der Waals surface area contributed by atoms with E-state index in [0.717, 1.165) is 32.1 Å². The lowest BCUT2D eigenvalue weighted by atomic mass is 9.54. The lowest BCUT2D eigenvalue weighted by molar-refractivity contribution is 0.176. The molecule has 0 heteroatoms. The molecule has 0 unspecified atom stereocenters. The molecule has 8 aromatic carbocycles. The van der Waals surface area contributed by atoms with E-state index in [9.17, 15) is 0 Å². The summed E-state index contributed by atoms with van der Waals surface area (Å²) >= 11 is 0. The van der Waals surface area contributed by atoms with Crippen LogP contribution in [0.5, 0.6) is 0 Å². The molecule has 57 heavy (non-hydrogen) atoms. The molecule has 0 aliphatic heterocycles. The van der Waals surface area contributed by atoms with E-state index in [0.29, 0.717) is 0 Å². The second-order valence-electron chi connectivity index (χ2n) is 17.4. The Morgan fingerprint density at radius 2 is 0.456 bits per heavy atom. The molecule has 0 aromatic heterocycles. The van der Waals surface area contributed by atoms with Crippen LogP contribution in [0.25, 0.3) is 44.5 Å². The van der Waals surface area contributed by atoms with Gasteiger partial charge in [0, 0.05) is 10.8 Å². The average molecular weight is 731 g/mol. The van der Waals surface area contributed by atoms with Crippen LogP contribution in [0.4, 0.5) is 0 Å². The van der Waals surface area contributed by atoms with Crippen molar-refractivity contribution in [3.63, 3.8) is 0 Å². The predicted octanol–water partition coefficient (Wildman–Crippen LogP) is 14.4. The lowest BCUT2D eigenvalue weighted by Gasteiger charge is -2.49.